The van der Waals surface area contributed by atoms with E-state index in [2.05, 4.69) is 26.3 Å². The molecule has 0 bridgehead atoms. The lowest BCUT2D eigenvalue weighted by atomic mass is 9.88. The van der Waals surface area contributed by atoms with Gasteiger partial charge in [0.2, 0.25) is 29.5 Å². The molecule has 5 aromatic rings. The normalized spacial score (nSPS) is 14.6. The summed E-state index contributed by atoms with van der Waals surface area (Å²) in [6, 6.07) is 31.5. The van der Waals surface area contributed by atoms with E-state index in [0.29, 0.717) is 30.2 Å². The Morgan fingerprint density at radius 3 is 1.83 bits per heavy atom. The third kappa shape index (κ3) is 14.7. The summed E-state index contributed by atoms with van der Waals surface area (Å²) in [5.41, 5.74) is 9.65. The molecule has 0 saturated heterocycles. The highest BCUT2D eigenvalue weighted by Crippen LogP contribution is 2.24. The van der Waals surface area contributed by atoms with Crippen molar-refractivity contribution < 1.29 is 33.4 Å². The van der Waals surface area contributed by atoms with E-state index < -0.39 is 47.8 Å². The van der Waals surface area contributed by atoms with Crippen molar-refractivity contribution in [2.24, 2.45) is 11.7 Å². The van der Waals surface area contributed by atoms with E-state index in [0.717, 1.165) is 48.8 Å². The van der Waals surface area contributed by atoms with Crippen LogP contribution in [0.5, 0.6) is 5.75 Å². The van der Waals surface area contributed by atoms with E-state index in [-0.39, 0.29) is 37.9 Å². The highest BCUT2D eigenvalue weighted by Gasteiger charge is 2.33. The van der Waals surface area contributed by atoms with E-state index >= 15 is 0 Å². The van der Waals surface area contributed by atoms with E-state index in [1.165, 1.54) is 6.92 Å². The van der Waals surface area contributed by atoms with Crippen molar-refractivity contribution in [1.29, 1.82) is 0 Å². The van der Waals surface area contributed by atoms with Crippen LogP contribution in [0.1, 0.15) is 67.0 Å². The SMILES string of the molecule is C[C@@H](NC(=O)[C@H](COCc1ccccc1)NC(=O)[C@H](Cc1ccc(OCc2ccccc2)cc1)NC(=O)[C@H](Cc1cn(Cc2ccccc2)cn1)NC(=O)C1CCCCC1)C(N)=O. The van der Waals surface area contributed by atoms with Gasteiger partial charge in [-0.1, -0.05) is 122 Å². The molecule has 14 heteroatoms. The Labute approximate surface area is 368 Å². The Morgan fingerprint density at radius 2 is 1.21 bits per heavy atom. The molecule has 0 radical (unpaired) electrons. The van der Waals surface area contributed by atoms with Crippen LogP contribution < -0.4 is 31.7 Å². The molecule has 1 aliphatic rings. The Kier molecular flexibility index (Phi) is 17.0. The van der Waals surface area contributed by atoms with Crippen molar-refractivity contribution in [2.45, 2.75) is 95.8 Å². The highest BCUT2D eigenvalue weighted by atomic mass is 16.5. The second-order valence-electron chi connectivity index (χ2n) is 16.0. The summed E-state index contributed by atoms with van der Waals surface area (Å²) >= 11 is 0. The van der Waals surface area contributed by atoms with Gasteiger partial charge < -0.3 is 41.0 Å². The van der Waals surface area contributed by atoms with Gasteiger partial charge in [-0.15, -0.1) is 0 Å². The van der Waals surface area contributed by atoms with E-state index in [1.807, 2.05) is 102 Å². The molecule has 0 unspecified atom stereocenters. The zero-order chi connectivity index (χ0) is 44.4. The van der Waals surface area contributed by atoms with E-state index in [4.69, 9.17) is 15.2 Å². The van der Waals surface area contributed by atoms with Gasteiger partial charge in [0.25, 0.3) is 0 Å². The number of nitrogens with zero attached hydrogens (tertiary/aromatic N) is 2. The molecule has 1 saturated carbocycles. The molecular formula is C49H57N7O7. The number of benzene rings is 4. The summed E-state index contributed by atoms with van der Waals surface area (Å²) in [6.07, 6.45) is 7.99. The van der Waals surface area contributed by atoms with Crippen molar-refractivity contribution in [1.82, 2.24) is 30.8 Å². The molecule has 0 aliphatic heterocycles. The smallest absolute Gasteiger partial charge is 0.245 e. The molecule has 1 aromatic heterocycles. The zero-order valence-corrected chi connectivity index (χ0v) is 35.6. The molecule has 0 spiro atoms. The number of nitrogens with one attached hydrogen (secondary N) is 4. The largest absolute Gasteiger partial charge is 0.489 e. The van der Waals surface area contributed by atoms with Gasteiger partial charge in [0.05, 0.1) is 25.2 Å². The second-order valence-corrected chi connectivity index (χ2v) is 16.0. The molecule has 63 heavy (non-hydrogen) atoms. The average Bonchev–Trinajstić information content (AvgIpc) is 3.75. The molecule has 1 aliphatic carbocycles. The van der Waals surface area contributed by atoms with Crippen molar-refractivity contribution in [3.8, 4) is 5.75 Å². The first-order valence-corrected chi connectivity index (χ1v) is 21.5. The van der Waals surface area contributed by atoms with Crippen LogP contribution in [0.3, 0.4) is 0 Å². The number of carbonyl (C=O) groups is 5. The standard InChI is InChI=1S/C49H57N7O7/c1-34(45(50)57)52-49(61)44(32-62-30-37-16-8-3-9-17-37)55-47(59)42(26-35-22-24-41(25-23-35)63-31-38-18-10-4-11-19-38)54-48(60)43(53-46(58)39-20-12-5-13-21-39)27-40-29-56(33-51-40)28-36-14-6-2-7-15-36/h2-4,6-11,14-19,22-25,29,33-34,39,42-44H,5,12-13,20-21,26-28,30-32H2,1H3,(H2,50,57)(H,52,61)(H,53,58)(H,54,60)(H,55,59)/t34-,42+,43+,44+/m1/s1. The zero-order valence-electron chi connectivity index (χ0n) is 35.6. The van der Waals surface area contributed by atoms with E-state index in [9.17, 15) is 24.0 Å². The maximum absolute atomic E-state index is 14.5. The number of ether oxygens (including phenoxy) is 2. The number of carbonyl (C=O) groups excluding carboxylic acids is 5. The minimum atomic E-state index is -1.27. The van der Waals surface area contributed by atoms with Crippen LogP contribution in [0.15, 0.2) is 128 Å². The van der Waals surface area contributed by atoms with Crippen LogP contribution in [-0.2, 0) is 61.3 Å². The predicted octanol–water partition coefficient (Wildman–Crippen LogP) is 4.54. The van der Waals surface area contributed by atoms with Crippen LogP contribution >= 0.6 is 0 Å². The van der Waals surface area contributed by atoms with Gasteiger partial charge in [-0.2, -0.15) is 0 Å². The van der Waals surface area contributed by atoms with Gasteiger partial charge >= 0.3 is 0 Å². The lowest BCUT2D eigenvalue weighted by molar-refractivity contribution is -0.135. The minimum absolute atomic E-state index is 0.0163. The first-order valence-electron chi connectivity index (χ1n) is 21.5. The minimum Gasteiger partial charge on any atom is -0.489 e. The van der Waals surface area contributed by atoms with Gasteiger partial charge in [0.1, 0.15) is 36.5 Å². The highest BCUT2D eigenvalue weighted by molar-refractivity contribution is 5.95. The Morgan fingerprint density at radius 1 is 0.651 bits per heavy atom. The number of primary amides is 1. The number of aromatic nitrogens is 2. The molecule has 14 nitrogen and oxygen atoms in total. The molecular weight excluding hydrogens is 799 g/mol. The van der Waals surface area contributed by atoms with Gasteiger partial charge in [0.15, 0.2) is 0 Å². The first-order chi connectivity index (χ1) is 30.6. The van der Waals surface area contributed by atoms with Crippen LogP contribution in [0.2, 0.25) is 0 Å². The van der Waals surface area contributed by atoms with Crippen LogP contribution in [0.25, 0.3) is 0 Å². The number of imidazole rings is 1. The summed E-state index contributed by atoms with van der Waals surface area (Å²) < 4.78 is 13.8. The summed E-state index contributed by atoms with van der Waals surface area (Å²) in [4.78, 5) is 72.7. The second kappa shape index (κ2) is 23.4. The molecule has 6 rings (SSSR count). The fourth-order valence-corrected chi connectivity index (χ4v) is 7.35. The lowest BCUT2D eigenvalue weighted by Crippen LogP contribution is -2.59. The maximum atomic E-state index is 14.5. The Bertz CT molecular complexity index is 2230. The molecule has 4 aromatic carbocycles. The lowest BCUT2D eigenvalue weighted by Gasteiger charge is -2.27. The fourth-order valence-electron chi connectivity index (χ4n) is 7.35. The topological polar surface area (TPSA) is 196 Å². The monoisotopic (exact) mass is 855 g/mol. The van der Waals surface area contributed by atoms with Crippen molar-refractivity contribution in [3.63, 3.8) is 0 Å². The summed E-state index contributed by atoms with van der Waals surface area (Å²) in [5.74, 6) is -2.58. The van der Waals surface area contributed by atoms with Crippen LogP contribution in [-0.4, -0.2) is 69.9 Å². The van der Waals surface area contributed by atoms with Crippen molar-refractivity contribution in [2.75, 3.05) is 6.61 Å². The van der Waals surface area contributed by atoms with Gasteiger partial charge in [-0.25, -0.2) is 4.98 Å². The molecule has 1 heterocycles. The molecule has 5 amide bonds. The number of hydrogen-bond acceptors (Lipinski definition) is 8. The summed E-state index contributed by atoms with van der Waals surface area (Å²) in [5, 5.41) is 11.2. The number of amides is 5. The van der Waals surface area contributed by atoms with Crippen molar-refractivity contribution >= 4 is 29.5 Å². The maximum Gasteiger partial charge on any atom is 0.245 e. The van der Waals surface area contributed by atoms with Crippen molar-refractivity contribution in [3.05, 3.63) is 156 Å². The predicted molar refractivity (Wildman–Crippen MR) is 238 cm³/mol. The third-order valence-electron chi connectivity index (χ3n) is 11.0. The average molecular weight is 856 g/mol. The number of rotatable bonds is 22. The molecule has 4 atom stereocenters. The molecule has 330 valence electrons. The number of nitrogens with two attached hydrogens (primary N) is 1. The molecule has 6 N–H and O–H groups in total. The van der Waals surface area contributed by atoms with Gasteiger partial charge in [-0.3, -0.25) is 24.0 Å². The Hall–Kier alpha value is -6.80. The van der Waals surface area contributed by atoms with Crippen LogP contribution in [0, 0.1) is 5.92 Å². The summed E-state index contributed by atoms with van der Waals surface area (Å²) in [6.45, 7) is 2.27. The third-order valence-corrected chi connectivity index (χ3v) is 11.0. The van der Waals surface area contributed by atoms with Crippen LogP contribution in [0.4, 0.5) is 0 Å². The molecule has 1 fully saturated rings. The fraction of sp³-hybridized carbons (Fsp3) is 0.347. The first kappa shape index (κ1) is 45.7. The number of hydrogen-bond donors (Lipinski definition) is 5. The quantitative estimate of drug-likeness (QED) is 0.0670. The summed E-state index contributed by atoms with van der Waals surface area (Å²) in [7, 11) is 0. The Balaban J connectivity index is 1.23. The van der Waals surface area contributed by atoms with E-state index in [1.54, 1.807) is 30.6 Å². The van der Waals surface area contributed by atoms with Gasteiger partial charge in [-0.05, 0) is 54.2 Å². The van der Waals surface area contributed by atoms with Gasteiger partial charge in [0, 0.05) is 31.5 Å².